The molecule has 0 aliphatic carbocycles. The van der Waals surface area contributed by atoms with Gasteiger partial charge in [-0.25, -0.2) is 0 Å². The van der Waals surface area contributed by atoms with E-state index in [1.54, 1.807) is 24.8 Å². The van der Waals surface area contributed by atoms with Crippen molar-refractivity contribution in [2.24, 2.45) is 5.73 Å². The summed E-state index contributed by atoms with van der Waals surface area (Å²) in [6.45, 7) is 1.73. The highest BCUT2D eigenvalue weighted by atomic mass is 16.2. The van der Waals surface area contributed by atoms with E-state index in [1.165, 1.54) is 0 Å². The van der Waals surface area contributed by atoms with Crippen LogP contribution in [-0.2, 0) is 17.9 Å². The van der Waals surface area contributed by atoms with Crippen LogP contribution in [0.3, 0.4) is 0 Å². The summed E-state index contributed by atoms with van der Waals surface area (Å²) in [6.07, 6.45) is 7.72. The first-order valence-corrected chi connectivity index (χ1v) is 7.78. The molecule has 120 valence electrons. The zero-order chi connectivity index (χ0) is 16.1. The van der Waals surface area contributed by atoms with E-state index in [1.807, 2.05) is 29.2 Å². The third-order valence-corrected chi connectivity index (χ3v) is 3.97. The van der Waals surface area contributed by atoms with Crippen molar-refractivity contribution in [3.8, 4) is 0 Å². The van der Waals surface area contributed by atoms with E-state index < -0.39 is 0 Å². The molecule has 2 atom stereocenters. The highest BCUT2D eigenvalue weighted by Crippen LogP contribution is 2.14. The molecule has 1 aliphatic heterocycles. The Morgan fingerprint density at radius 1 is 1.17 bits per heavy atom. The van der Waals surface area contributed by atoms with Crippen LogP contribution >= 0.6 is 0 Å². The maximum absolute atomic E-state index is 12.9. The van der Waals surface area contributed by atoms with Crippen molar-refractivity contribution < 1.29 is 4.79 Å². The van der Waals surface area contributed by atoms with Crippen molar-refractivity contribution >= 4 is 5.91 Å². The van der Waals surface area contributed by atoms with Crippen molar-refractivity contribution in [1.82, 2.24) is 20.2 Å². The van der Waals surface area contributed by atoms with Gasteiger partial charge in [-0.3, -0.25) is 14.8 Å². The number of rotatable bonds is 5. The lowest BCUT2D eigenvalue weighted by molar-refractivity contribution is -0.134. The molecule has 0 saturated carbocycles. The second kappa shape index (κ2) is 7.30. The molecule has 0 radical (unpaired) electrons. The Bertz CT molecular complexity index is 592. The summed E-state index contributed by atoms with van der Waals surface area (Å²) in [5.74, 6) is 0.0747. The van der Waals surface area contributed by atoms with Crippen molar-refractivity contribution in [2.45, 2.75) is 31.6 Å². The molecular formula is C17H21N5O. The molecule has 1 fully saturated rings. The van der Waals surface area contributed by atoms with Gasteiger partial charge in [0.25, 0.3) is 0 Å². The minimum atomic E-state index is -0.210. The molecule has 2 aromatic rings. The van der Waals surface area contributed by atoms with E-state index in [2.05, 4.69) is 15.3 Å². The Labute approximate surface area is 135 Å². The van der Waals surface area contributed by atoms with Gasteiger partial charge in [-0.2, -0.15) is 0 Å². The SMILES string of the molecule is N[C@H]1CN[C@H](C(=O)N(Cc2cccnc2)Cc2cccnc2)C1. The second-order valence-corrected chi connectivity index (χ2v) is 5.87. The summed E-state index contributed by atoms with van der Waals surface area (Å²) < 4.78 is 0. The molecular weight excluding hydrogens is 290 g/mol. The largest absolute Gasteiger partial charge is 0.333 e. The van der Waals surface area contributed by atoms with E-state index in [0.29, 0.717) is 26.1 Å². The number of hydrogen-bond acceptors (Lipinski definition) is 5. The summed E-state index contributed by atoms with van der Waals surface area (Å²) in [6, 6.07) is 7.55. The molecule has 6 heteroatoms. The van der Waals surface area contributed by atoms with E-state index in [4.69, 9.17) is 5.73 Å². The lowest BCUT2D eigenvalue weighted by Gasteiger charge is -2.26. The zero-order valence-corrected chi connectivity index (χ0v) is 12.9. The van der Waals surface area contributed by atoms with Gasteiger partial charge in [0.2, 0.25) is 5.91 Å². The monoisotopic (exact) mass is 311 g/mol. The first-order valence-electron chi connectivity index (χ1n) is 7.78. The fourth-order valence-corrected chi connectivity index (χ4v) is 2.81. The van der Waals surface area contributed by atoms with Crippen LogP contribution in [0.4, 0.5) is 0 Å². The van der Waals surface area contributed by atoms with Gasteiger partial charge in [-0.15, -0.1) is 0 Å². The zero-order valence-electron chi connectivity index (χ0n) is 12.9. The molecule has 0 unspecified atom stereocenters. The summed E-state index contributed by atoms with van der Waals surface area (Å²) in [4.78, 5) is 23.0. The number of nitrogens with one attached hydrogen (secondary N) is 1. The number of amides is 1. The lowest BCUT2D eigenvalue weighted by Crippen LogP contribution is -2.42. The van der Waals surface area contributed by atoms with Crippen LogP contribution < -0.4 is 11.1 Å². The number of aromatic nitrogens is 2. The van der Waals surface area contributed by atoms with Crippen LogP contribution in [0.1, 0.15) is 17.5 Å². The summed E-state index contributed by atoms with van der Waals surface area (Å²) in [5.41, 5.74) is 7.93. The Morgan fingerprint density at radius 2 is 1.78 bits per heavy atom. The van der Waals surface area contributed by atoms with Gasteiger partial charge in [0, 0.05) is 50.5 Å². The standard InChI is InChI=1S/C17H21N5O/c18-15-7-16(21-10-15)17(23)22(11-13-3-1-5-19-8-13)12-14-4-2-6-20-9-14/h1-6,8-9,15-16,21H,7,10-12,18H2/t15-,16+/m1/s1. The van der Waals surface area contributed by atoms with Crippen LogP contribution in [0.15, 0.2) is 49.1 Å². The summed E-state index contributed by atoms with van der Waals surface area (Å²) in [7, 11) is 0. The third kappa shape index (κ3) is 4.12. The normalized spacial score (nSPS) is 20.4. The quantitative estimate of drug-likeness (QED) is 0.849. The predicted molar refractivity (Wildman–Crippen MR) is 87.1 cm³/mol. The molecule has 3 N–H and O–H groups in total. The van der Waals surface area contributed by atoms with Gasteiger partial charge in [-0.05, 0) is 29.7 Å². The molecule has 2 aromatic heterocycles. The minimum absolute atomic E-state index is 0.0441. The number of carbonyl (C=O) groups excluding carboxylic acids is 1. The van der Waals surface area contributed by atoms with Crippen LogP contribution in [0.5, 0.6) is 0 Å². The van der Waals surface area contributed by atoms with E-state index in [0.717, 1.165) is 11.1 Å². The van der Waals surface area contributed by atoms with Gasteiger partial charge in [0.1, 0.15) is 0 Å². The third-order valence-electron chi connectivity index (χ3n) is 3.97. The number of carbonyl (C=O) groups is 1. The van der Waals surface area contributed by atoms with Gasteiger partial charge in [0.05, 0.1) is 6.04 Å². The Hall–Kier alpha value is -2.31. The molecule has 23 heavy (non-hydrogen) atoms. The Morgan fingerprint density at radius 3 is 2.22 bits per heavy atom. The molecule has 0 aromatic carbocycles. The first-order chi connectivity index (χ1) is 11.2. The van der Waals surface area contributed by atoms with Crippen molar-refractivity contribution in [3.05, 3.63) is 60.2 Å². The molecule has 3 rings (SSSR count). The maximum Gasteiger partial charge on any atom is 0.240 e. The second-order valence-electron chi connectivity index (χ2n) is 5.87. The highest BCUT2D eigenvalue weighted by molar-refractivity contribution is 5.82. The number of hydrogen-bond donors (Lipinski definition) is 2. The maximum atomic E-state index is 12.9. The van der Waals surface area contributed by atoms with Gasteiger partial charge in [0.15, 0.2) is 0 Å². The number of nitrogens with two attached hydrogens (primary N) is 1. The van der Waals surface area contributed by atoms with Crippen molar-refractivity contribution in [1.29, 1.82) is 0 Å². The summed E-state index contributed by atoms with van der Waals surface area (Å²) >= 11 is 0. The number of pyridine rings is 2. The molecule has 1 amide bonds. The highest BCUT2D eigenvalue weighted by Gasteiger charge is 2.30. The molecule has 3 heterocycles. The topological polar surface area (TPSA) is 84.1 Å². The summed E-state index contributed by atoms with van der Waals surface area (Å²) in [5, 5.41) is 3.21. The fourth-order valence-electron chi connectivity index (χ4n) is 2.81. The average Bonchev–Trinajstić information content (AvgIpc) is 3.02. The fraction of sp³-hybridized carbons (Fsp3) is 0.353. The van der Waals surface area contributed by atoms with Gasteiger partial charge >= 0.3 is 0 Å². The lowest BCUT2D eigenvalue weighted by atomic mass is 10.1. The van der Waals surface area contributed by atoms with Crippen LogP contribution in [0, 0.1) is 0 Å². The Balaban J connectivity index is 1.76. The van der Waals surface area contributed by atoms with Crippen LogP contribution in [0.25, 0.3) is 0 Å². The van der Waals surface area contributed by atoms with Crippen LogP contribution in [-0.4, -0.2) is 39.4 Å². The van der Waals surface area contributed by atoms with E-state index >= 15 is 0 Å². The van der Waals surface area contributed by atoms with Crippen molar-refractivity contribution in [2.75, 3.05) is 6.54 Å². The minimum Gasteiger partial charge on any atom is -0.333 e. The molecule has 6 nitrogen and oxygen atoms in total. The van der Waals surface area contributed by atoms with Gasteiger partial charge in [-0.1, -0.05) is 12.1 Å². The van der Waals surface area contributed by atoms with E-state index in [9.17, 15) is 4.79 Å². The molecule has 0 spiro atoms. The number of nitrogens with zero attached hydrogens (tertiary/aromatic N) is 3. The predicted octanol–water partition coefficient (Wildman–Crippen LogP) is 0.695. The smallest absolute Gasteiger partial charge is 0.240 e. The molecule has 1 aliphatic rings. The van der Waals surface area contributed by atoms with Crippen LogP contribution in [0.2, 0.25) is 0 Å². The first kappa shape index (κ1) is 15.6. The molecule has 0 bridgehead atoms. The average molecular weight is 311 g/mol. The van der Waals surface area contributed by atoms with E-state index in [-0.39, 0.29) is 18.0 Å². The molecule has 1 saturated heterocycles. The van der Waals surface area contributed by atoms with Gasteiger partial charge < -0.3 is 16.0 Å². The Kier molecular flexibility index (Phi) is 4.95. The van der Waals surface area contributed by atoms with Crippen molar-refractivity contribution in [3.63, 3.8) is 0 Å².